The van der Waals surface area contributed by atoms with Crippen molar-refractivity contribution < 1.29 is 4.79 Å². The highest BCUT2D eigenvalue weighted by atomic mass is 16.1. The molecule has 13 heavy (non-hydrogen) atoms. The van der Waals surface area contributed by atoms with E-state index in [1.807, 2.05) is 6.92 Å². The van der Waals surface area contributed by atoms with Gasteiger partial charge in [0.15, 0.2) is 5.78 Å². The number of allylic oxidation sites excluding steroid dienone is 2. The lowest BCUT2D eigenvalue weighted by atomic mass is 9.79. The van der Waals surface area contributed by atoms with Gasteiger partial charge in [0.25, 0.3) is 0 Å². The number of hydrogen-bond acceptors (Lipinski definition) is 1. The zero-order valence-electron chi connectivity index (χ0n) is 8.39. The van der Waals surface area contributed by atoms with Gasteiger partial charge in [-0.25, -0.2) is 0 Å². The van der Waals surface area contributed by atoms with E-state index in [2.05, 4.69) is 13.0 Å². The predicted molar refractivity (Wildman–Crippen MR) is 51.3 cm³/mol. The maximum atomic E-state index is 11.8. The quantitative estimate of drug-likeness (QED) is 0.554. The summed E-state index contributed by atoms with van der Waals surface area (Å²) in [6.45, 7) is 4.30. The molecule has 3 aliphatic rings. The van der Waals surface area contributed by atoms with Crippen molar-refractivity contribution in [1.29, 1.82) is 0 Å². The second kappa shape index (κ2) is 1.92. The van der Waals surface area contributed by atoms with Crippen LogP contribution in [0.1, 0.15) is 39.5 Å². The van der Waals surface area contributed by atoms with Gasteiger partial charge in [-0.3, -0.25) is 4.79 Å². The Hall–Kier alpha value is -0.590. The molecular weight excluding hydrogens is 160 g/mol. The van der Waals surface area contributed by atoms with E-state index in [0.29, 0.717) is 22.5 Å². The van der Waals surface area contributed by atoms with Crippen molar-refractivity contribution in [2.75, 3.05) is 0 Å². The Morgan fingerprint density at radius 3 is 2.85 bits per heavy atom. The molecule has 2 saturated carbocycles. The average molecular weight is 176 g/mol. The van der Waals surface area contributed by atoms with E-state index in [1.165, 1.54) is 25.7 Å². The van der Waals surface area contributed by atoms with E-state index >= 15 is 0 Å². The standard InChI is InChI=1S/C12H16O/c1-8-7-12-6-4-3-5-11(12,2)10(12)9(8)13/h7,10H,3-6H2,1-2H3. The molecule has 0 amide bonds. The summed E-state index contributed by atoms with van der Waals surface area (Å²) in [7, 11) is 0. The van der Waals surface area contributed by atoms with Crippen molar-refractivity contribution in [3.8, 4) is 0 Å². The van der Waals surface area contributed by atoms with Gasteiger partial charge in [-0.2, -0.15) is 0 Å². The fourth-order valence-corrected chi connectivity index (χ4v) is 4.04. The maximum Gasteiger partial charge on any atom is 0.162 e. The Balaban J connectivity index is 2.08. The van der Waals surface area contributed by atoms with Crippen molar-refractivity contribution >= 4 is 5.78 Å². The minimum atomic E-state index is 0.326. The molecule has 0 heterocycles. The molecular formula is C12H16O. The van der Waals surface area contributed by atoms with Crippen LogP contribution in [0, 0.1) is 16.7 Å². The second-order valence-corrected chi connectivity index (χ2v) is 5.29. The van der Waals surface area contributed by atoms with Gasteiger partial charge in [-0.05, 0) is 30.8 Å². The van der Waals surface area contributed by atoms with Crippen molar-refractivity contribution in [1.82, 2.24) is 0 Å². The van der Waals surface area contributed by atoms with Crippen LogP contribution in [-0.2, 0) is 4.79 Å². The summed E-state index contributed by atoms with van der Waals surface area (Å²) >= 11 is 0. The number of Topliss-reactive ketones (excluding diaryl/α,β-unsaturated/α-hetero) is 1. The van der Waals surface area contributed by atoms with Crippen LogP contribution < -0.4 is 0 Å². The topological polar surface area (TPSA) is 17.1 Å². The van der Waals surface area contributed by atoms with Crippen LogP contribution in [0.25, 0.3) is 0 Å². The zero-order chi connectivity index (χ0) is 9.27. The molecule has 0 aliphatic heterocycles. The van der Waals surface area contributed by atoms with E-state index in [1.54, 1.807) is 0 Å². The van der Waals surface area contributed by atoms with E-state index in [9.17, 15) is 4.79 Å². The molecule has 0 radical (unpaired) electrons. The molecule has 0 aromatic heterocycles. The summed E-state index contributed by atoms with van der Waals surface area (Å²) in [5.41, 5.74) is 1.72. The molecule has 3 rings (SSSR count). The van der Waals surface area contributed by atoms with E-state index in [-0.39, 0.29) is 0 Å². The Labute approximate surface area is 79.2 Å². The lowest BCUT2D eigenvalue weighted by Crippen LogP contribution is -2.16. The predicted octanol–water partition coefficient (Wildman–Crippen LogP) is 2.71. The second-order valence-electron chi connectivity index (χ2n) is 5.29. The van der Waals surface area contributed by atoms with Gasteiger partial charge >= 0.3 is 0 Å². The van der Waals surface area contributed by atoms with Crippen LogP contribution in [0.2, 0.25) is 0 Å². The van der Waals surface area contributed by atoms with Crippen LogP contribution >= 0.6 is 0 Å². The SMILES string of the molecule is CC1=CC23CCCCC2(C)C3C1=O. The highest BCUT2D eigenvalue weighted by Gasteiger charge is 2.77. The fraction of sp³-hybridized carbons (Fsp3) is 0.750. The molecule has 0 bridgehead atoms. The maximum absolute atomic E-state index is 11.8. The van der Waals surface area contributed by atoms with Crippen LogP contribution in [0.5, 0.6) is 0 Å². The molecule has 1 spiro atoms. The van der Waals surface area contributed by atoms with Crippen molar-refractivity contribution in [3.05, 3.63) is 11.6 Å². The highest BCUT2D eigenvalue weighted by Crippen LogP contribution is 2.79. The smallest absolute Gasteiger partial charge is 0.162 e. The van der Waals surface area contributed by atoms with Crippen molar-refractivity contribution in [3.63, 3.8) is 0 Å². The Bertz CT molecular complexity index is 328. The van der Waals surface area contributed by atoms with Gasteiger partial charge < -0.3 is 0 Å². The summed E-state index contributed by atoms with van der Waals surface area (Å²) in [4.78, 5) is 11.8. The summed E-state index contributed by atoms with van der Waals surface area (Å²) < 4.78 is 0. The first kappa shape index (κ1) is 7.78. The summed E-state index contributed by atoms with van der Waals surface area (Å²) in [6, 6.07) is 0. The molecule has 70 valence electrons. The van der Waals surface area contributed by atoms with E-state index < -0.39 is 0 Å². The third-order valence-electron chi connectivity index (χ3n) is 4.79. The average Bonchev–Trinajstić information content (AvgIpc) is 2.52. The van der Waals surface area contributed by atoms with Gasteiger partial charge in [-0.15, -0.1) is 0 Å². The zero-order valence-corrected chi connectivity index (χ0v) is 8.39. The molecule has 3 aliphatic carbocycles. The number of carbonyl (C=O) groups is 1. The monoisotopic (exact) mass is 176 g/mol. The molecule has 3 atom stereocenters. The summed E-state index contributed by atoms with van der Waals surface area (Å²) in [5.74, 6) is 0.826. The van der Waals surface area contributed by atoms with Gasteiger partial charge in [0.2, 0.25) is 0 Å². The molecule has 0 N–H and O–H groups in total. The van der Waals surface area contributed by atoms with Gasteiger partial charge in [0, 0.05) is 11.3 Å². The normalized spacial score (nSPS) is 52.6. The van der Waals surface area contributed by atoms with Crippen molar-refractivity contribution in [2.45, 2.75) is 39.5 Å². The molecule has 1 nitrogen and oxygen atoms in total. The number of hydrogen-bond donors (Lipinski definition) is 0. The third kappa shape index (κ3) is 0.619. The van der Waals surface area contributed by atoms with Crippen LogP contribution in [0.15, 0.2) is 11.6 Å². The molecule has 1 heteroatoms. The number of ketones is 1. The first-order valence-corrected chi connectivity index (χ1v) is 5.35. The highest BCUT2D eigenvalue weighted by molar-refractivity contribution is 6.04. The van der Waals surface area contributed by atoms with Crippen LogP contribution in [0.4, 0.5) is 0 Å². The number of rotatable bonds is 0. The molecule has 0 saturated heterocycles. The molecule has 0 aromatic carbocycles. The molecule has 2 fully saturated rings. The fourth-order valence-electron chi connectivity index (χ4n) is 4.04. The van der Waals surface area contributed by atoms with Gasteiger partial charge in [0.05, 0.1) is 0 Å². The Kier molecular flexibility index (Phi) is 1.15. The lowest BCUT2D eigenvalue weighted by molar-refractivity contribution is -0.117. The van der Waals surface area contributed by atoms with Crippen molar-refractivity contribution in [2.24, 2.45) is 16.7 Å². The Morgan fingerprint density at radius 1 is 1.38 bits per heavy atom. The largest absolute Gasteiger partial charge is 0.294 e. The minimum absolute atomic E-state index is 0.326. The third-order valence-corrected chi connectivity index (χ3v) is 4.79. The minimum Gasteiger partial charge on any atom is -0.294 e. The number of carbonyl (C=O) groups excluding carboxylic acids is 1. The van der Waals surface area contributed by atoms with E-state index in [0.717, 1.165) is 5.57 Å². The first-order chi connectivity index (χ1) is 6.12. The Morgan fingerprint density at radius 2 is 2.08 bits per heavy atom. The molecule has 3 unspecified atom stereocenters. The first-order valence-electron chi connectivity index (χ1n) is 5.35. The number of fused-ring (bicyclic) bond motifs is 1. The van der Waals surface area contributed by atoms with Gasteiger partial charge in [-0.1, -0.05) is 25.8 Å². The van der Waals surface area contributed by atoms with Gasteiger partial charge in [0.1, 0.15) is 0 Å². The van der Waals surface area contributed by atoms with Crippen LogP contribution in [-0.4, -0.2) is 5.78 Å². The summed E-state index contributed by atoms with van der Waals surface area (Å²) in [6.07, 6.45) is 7.47. The molecule has 0 aromatic rings. The summed E-state index contributed by atoms with van der Waals surface area (Å²) in [5, 5.41) is 0. The lowest BCUT2D eigenvalue weighted by Gasteiger charge is -2.25. The van der Waals surface area contributed by atoms with Crippen LogP contribution in [0.3, 0.4) is 0 Å². The van der Waals surface area contributed by atoms with E-state index in [4.69, 9.17) is 0 Å².